The second kappa shape index (κ2) is 8.31. The molecule has 0 N–H and O–H groups in total. The molecule has 2 aliphatic carbocycles. The molecule has 0 spiro atoms. The van der Waals surface area contributed by atoms with Gasteiger partial charge in [-0.1, -0.05) is 64.2 Å². The van der Waals surface area contributed by atoms with Crippen LogP contribution in [-0.4, -0.2) is 24.9 Å². The van der Waals surface area contributed by atoms with E-state index < -0.39 is 0 Å². The Morgan fingerprint density at radius 2 is 1.32 bits per heavy atom. The first-order valence-electron chi connectivity index (χ1n) is 9.96. The lowest BCUT2D eigenvalue weighted by Crippen LogP contribution is -2.36. The summed E-state index contributed by atoms with van der Waals surface area (Å²) in [6.07, 6.45) is 19.1. The third kappa shape index (κ3) is 4.03. The van der Waals surface area contributed by atoms with Gasteiger partial charge in [-0.2, -0.15) is 0 Å². The predicted molar refractivity (Wildman–Crippen MR) is 95.1 cm³/mol. The van der Waals surface area contributed by atoms with Gasteiger partial charge in [0.1, 0.15) is 0 Å². The van der Waals surface area contributed by atoms with E-state index in [0.717, 1.165) is 11.6 Å². The van der Waals surface area contributed by atoms with Crippen LogP contribution < -0.4 is 0 Å². The van der Waals surface area contributed by atoms with Crippen molar-refractivity contribution in [2.75, 3.05) is 13.1 Å². The maximum absolute atomic E-state index is 6.75. The molecule has 0 aromatic carbocycles. The van der Waals surface area contributed by atoms with Crippen molar-refractivity contribution in [2.24, 2.45) is 0 Å². The molecule has 3 rings (SSSR count). The molecule has 0 aromatic heterocycles. The molecule has 3 heteroatoms. The fourth-order valence-corrected chi connectivity index (χ4v) is 4.90. The quantitative estimate of drug-likeness (QED) is 0.483. The first-order chi connectivity index (χ1) is 10.9. The van der Waals surface area contributed by atoms with Crippen LogP contribution in [-0.2, 0) is 4.65 Å². The van der Waals surface area contributed by atoms with E-state index in [9.17, 15) is 0 Å². The Kier molecular flexibility index (Phi) is 6.15. The predicted octanol–water partition coefficient (Wildman–Crippen LogP) is 5.62. The largest absolute Gasteiger partial charge is 0.549 e. The topological polar surface area (TPSA) is 12.5 Å². The van der Waals surface area contributed by atoms with Gasteiger partial charge in [0.2, 0.25) is 0 Å². The van der Waals surface area contributed by atoms with Crippen molar-refractivity contribution in [1.82, 2.24) is 4.90 Å². The summed E-state index contributed by atoms with van der Waals surface area (Å²) in [6, 6.07) is 0. The highest BCUT2D eigenvalue weighted by Crippen LogP contribution is 2.42. The molecule has 1 saturated heterocycles. The van der Waals surface area contributed by atoms with Gasteiger partial charge in [0.05, 0.1) is 0 Å². The monoisotopic (exact) mass is 303 g/mol. The Morgan fingerprint density at radius 1 is 0.818 bits per heavy atom. The lowest BCUT2D eigenvalue weighted by molar-refractivity contribution is 0.232. The zero-order valence-electron chi connectivity index (χ0n) is 14.6. The van der Waals surface area contributed by atoms with E-state index in [4.69, 9.17) is 4.65 Å². The van der Waals surface area contributed by atoms with Crippen molar-refractivity contribution in [3.05, 3.63) is 12.0 Å². The van der Waals surface area contributed by atoms with Crippen LogP contribution in [0.3, 0.4) is 0 Å². The Bertz CT molecular complexity index is 334. The van der Waals surface area contributed by atoms with E-state index in [1.165, 1.54) is 96.0 Å². The number of nitrogens with zero attached hydrogens (tertiary/aromatic N) is 1. The Morgan fingerprint density at radius 3 is 1.77 bits per heavy atom. The molecule has 1 aliphatic heterocycles. The van der Waals surface area contributed by atoms with Gasteiger partial charge in [-0.3, -0.25) is 0 Å². The normalized spacial score (nSPS) is 25.5. The Labute approximate surface area is 137 Å². The molecule has 3 fully saturated rings. The minimum absolute atomic E-state index is 0.493. The molecule has 2 nitrogen and oxygen atoms in total. The van der Waals surface area contributed by atoms with Gasteiger partial charge >= 0.3 is 6.92 Å². The summed E-state index contributed by atoms with van der Waals surface area (Å²) in [4.78, 5) is 2.48. The van der Waals surface area contributed by atoms with Gasteiger partial charge in [-0.25, -0.2) is 0 Å². The van der Waals surface area contributed by atoms with Gasteiger partial charge in [0, 0.05) is 13.1 Å². The van der Waals surface area contributed by atoms with Crippen LogP contribution in [0.5, 0.6) is 0 Å². The van der Waals surface area contributed by atoms with Crippen molar-refractivity contribution >= 4 is 6.92 Å². The molecule has 0 radical (unpaired) electrons. The average Bonchev–Trinajstić information content (AvgIpc) is 3.12. The van der Waals surface area contributed by atoms with Crippen molar-refractivity contribution < 1.29 is 4.65 Å². The third-order valence-corrected chi connectivity index (χ3v) is 6.15. The molecule has 0 bridgehead atoms. The summed E-state index contributed by atoms with van der Waals surface area (Å²) in [5.41, 5.74) is 0. The van der Waals surface area contributed by atoms with Crippen LogP contribution in [0.2, 0.25) is 11.6 Å². The summed E-state index contributed by atoms with van der Waals surface area (Å²) >= 11 is 0. The zero-order valence-corrected chi connectivity index (χ0v) is 14.6. The summed E-state index contributed by atoms with van der Waals surface area (Å²) < 4.78 is 6.75. The van der Waals surface area contributed by atoms with Crippen LogP contribution in [0, 0.1) is 0 Å². The molecular formula is C19H34BNO. The summed E-state index contributed by atoms with van der Waals surface area (Å²) in [6.45, 7) is 5.04. The standard InChI is InChI=1S/C19H34BNO/c1-2-19(21-15-9-10-16-21)22-20(17-11-5-3-6-12-17)18-13-7-4-8-14-18/h2,17-18H,3-16H2,1H3/b19-2-. The van der Waals surface area contributed by atoms with Gasteiger partial charge in [-0.05, 0) is 37.5 Å². The van der Waals surface area contributed by atoms with Crippen LogP contribution in [0.15, 0.2) is 12.0 Å². The molecule has 0 aromatic rings. The molecule has 2 saturated carbocycles. The van der Waals surface area contributed by atoms with E-state index in [0.29, 0.717) is 6.92 Å². The van der Waals surface area contributed by atoms with E-state index >= 15 is 0 Å². The maximum atomic E-state index is 6.75. The zero-order chi connectivity index (χ0) is 15.2. The molecule has 1 heterocycles. The van der Waals surface area contributed by atoms with Crippen LogP contribution in [0.4, 0.5) is 0 Å². The summed E-state index contributed by atoms with van der Waals surface area (Å²) in [7, 11) is 0. The minimum atomic E-state index is 0.493. The number of rotatable bonds is 5. The Balaban J connectivity index is 1.68. The van der Waals surface area contributed by atoms with Crippen molar-refractivity contribution in [2.45, 2.75) is 95.6 Å². The highest BCUT2D eigenvalue weighted by molar-refractivity contribution is 6.55. The van der Waals surface area contributed by atoms with Crippen molar-refractivity contribution in [3.63, 3.8) is 0 Å². The van der Waals surface area contributed by atoms with Crippen molar-refractivity contribution in [3.8, 4) is 0 Å². The van der Waals surface area contributed by atoms with Gasteiger partial charge in [-0.15, -0.1) is 0 Å². The highest BCUT2D eigenvalue weighted by atomic mass is 16.5. The molecule has 0 amide bonds. The fraction of sp³-hybridized carbons (Fsp3) is 0.895. The smallest absolute Gasteiger partial charge is 0.365 e. The second-order valence-corrected chi connectivity index (χ2v) is 7.70. The lowest BCUT2D eigenvalue weighted by Gasteiger charge is -2.37. The lowest BCUT2D eigenvalue weighted by atomic mass is 9.42. The van der Waals surface area contributed by atoms with Gasteiger partial charge < -0.3 is 9.55 Å². The molecule has 22 heavy (non-hydrogen) atoms. The molecule has 0 atom stereocenters. The Hall–Kier alpha value is -0.595. The average molecular weight is 303 g/mol. The van der Waals surface area contributed by atoms with Gasteiger partial charge in [0.15, 0.2) is 5.88 Å². The number of allylic oxidation sites excluding steroid dienone is 1. The fourth-order valence-electron chi connectivity index (χ4n) is 4.90. The van der Waals surface area contributed by atoms with Gasteiger partial charge in [0.25, 0.3) is 0 Å². The SMILES string of the molecule is C/C=C(\OB(C1CCCCC1)C1CCCCC1)N1CCCC1. The first kappa shape index (κ1) is 16.3. The van der Waals surface area contributed by atoms with Crippen molar-refractivity contribution in [1.29, 1.82) is 0 Å². The second-order valence-electron chi connectivity index (χ2n) is 7.70. The van der Waals surface area contributed by atoms with E-state index in [1.54, 1.807) is 0 Å². The highest BCUT2D eigenvalue weighted by Gasteiger charge is 2.39. The van der Waals surface area contributed by atoms with Crippen LogP contribution in [0.25, 0.3) is 0 Å². The first-order valence-corrected chi connectivity index (χ1v) is 9.96. The summed E-state index contributed by atoms with van der Waals surface area (Å²) in [5.74, 6) is 2.82. The maximum Gasteiger partial charge on any atom is 0.365 e. The molecule has 124 valence electrons. The van der Waals surface area contributed by atoms with E-state index in [1.807, 2.05) is 0 Å². The molecular weight excluding hydrogens is 269 g/mol. The summed E-state index contributed by atoms with van der Waals surface area (Å²) in [5, 5.41) is 0. The molecule has 3 aliphatic rings. The van der Waals surface area contributed by atoms with E-state index in [-0.39, 0.29) is 0 Å². The minimum Gasteiger partial charge on any atom is -0.549 e. The third-order valence-electron chi connectivity index (χ3n) is 6.15. The number of hydrogen-bond acceptors (Lipinski definition) is 2. The van der Waals surface area contributed by atoms with Crippen LogP contribution in [0.1, 0.15) is 84.0 Å². The van der Waals surface area contributed by atoms with E-state index in [2.05, 4.69) is 17.9 Å². The number of hydrogen-bond donors (Lipinski definition) is 0. The number of likely N-dealkylation sites (tertiary alicyclic amines) is 1. The molecule has 0 unspecified atom stereocenters. The van der Waals surface area contributed by atoms with Crippen LogP contribution >= 0.6 is 0 Å².